The second-order valence-electron chi connectivity index (χ2n) is 3.97. The molecule has 0 saturated carbocycles. The van der Waals surface area contributed by atoms with E-state index in [9.17, 15) is 4.79 Å². The van der Waals surface area contributed by atoms with Gasteiger partial charge in [0.2, 0.25) is 0 Å². The summed E-state index contributed by atoms with van der Waals surface area (Å²) in [7, 11) is 0. The lowest BCUT2D eigenvalue weighted by Gasteiger charge is -2.20. The van der Waals surface area contributed by atoms with E-state index in [0.717, 1.165) is 25.2 Å². The van der Waals surface area contributed by atoms with Crippen molar-refractivity contribution < 1.29 is 9.53 Å². The summed E-state index contributed by atoms with van der Waals surface area (Å²) in [5, 5.41) is 0. The minimum absolute atomic E-state index is 0.341. The number of esters is 1. The number of aromatic nitrogens is 2. The third-order valence-electron chi connectivity index (χ3n) is 2.81. The fraction of sp³-hybridized carbons (Fsp3) is 0.636. The van der Waals surface area contributed by atoms with Crippen LogP contribution in [0, 0.1) is 5.92 Å². The summed E-state index contributed by atoms with van der Waals surface area (Å²) in [5.41, 5.74) is 0.409. The zero-order chi connectivity index (χ0) is 11.5. The molecule has 0 N–H and O–H groups in total. The number of fused-ring (bicyclic) bond motifs is 1. The Morgan fingerprint density at radius 1 is 1.75 bits per heavy atom. The van der Waals surface area contributed by atoms with Gasteiger partial charge < -0.3 is 9.30 Å². The van der Waals surface area contributed by atoms with Gasteiger partial charge in [-0.3, -0.25) is 0 Å². The third-order valence-corrected chi connectivity index (χ3v) is 3.25. The molecule has 2 rings (SSSR count). The molecule has 0 amide bonds. The second kappa shape index (κ2) is 4.87. The molecule has 88 valence electrons. The molecule has 1 aromatic heterocycles. The van der Waals surface area contributed by atoms with Crippen LogP contribution >= 0.6 is 11.6 Å². The van der Waals surface area contributed by atoms with Gasteiger partial charge in [0.1, 0.15) is 5.82 Å². The number of hydrogen-bond donors (Lipinski definition) is 0. The monoisotopic (exact) mass is 242 g/mol. The van der Waals surface area contributed by atoms with E-state index in [2.05, 4.69) is 4.98 Å². The van der Waals surface area contributed by atoms with Crippen molar-refractivity contribution in [3.63, 3.8) is 0 Å². The molecule has 16 heavy (non-hydrogen) atoms. The Labute approximate surface area is 99.6 Å². The maximum atomic E-state index is 11.5. The predicted molar refractivity (Wildman–Crippen MR) is 60.7 cm³/mol. The van der Waals surface area contributed by atoms with Gasteiger partial charge in [-0.25, -0.2) is 9.78 Å². The Bertz CT molecular complexity index is 389. The van der Waals surface area contributed by atoms with Crippen molar-refractivity contribution in [3.8, 4) is 0 Å². The molecule has 2 heterocycles. The quantitative estimate of drug-likeness (QED) is 0.600. The number of aryl methyl sites for hydroxylation is 1. The van der Waals surface area contributed by atoms with E-state index < -0.39 is 0 Å². The van der Waals surface area contributed by atoms with Crippen LogP contribution in [0.1, 0.15) is 29.7 Å². The minimum Gasteiger partial charge on any atom is -0.461 e. The van der Waals surface area contributed by atoms with Crippen molar-refractivity contribution in [1.82, 2.24) is 9.55 Å². The number of hydrogen-bond acceptors (Lipinski definition) is 3. The van der Waals surface area contributed by atoms with Crippen LogP contribution in [0.2, 0.25) is 0 Å². The number of halogens is 1. The molecule has 0 saturated heterocycles. The van der Waals surface area contributed by atoms with E-state index in [1.165, 1.54) is 0 Å². The molecule has 0 fully saturated rings. The lowest BCUT2D eigenvalue weighted by molar-refractivity contribution is 0.0520. The van der Waals surface area contributed by atoms with Gasteiger partial charge in [0.15, 0.2) is 5.69 Å². The maximum absolute atomic E-state index is 11.5. The number of alkyl halides is 1. The molecule has 0 bridgehead atoms. The Morgan fingerprint density at radius 3 is 3.25 bits per heavy atom. The lowest BCUT2D eigenvalue weighted by Crippen LogP contribution is -2.20. The molecular weight excluding hydrogens is 228 g/mol. The fourth-order valence-corrected chi connectivity index (χ4v) is 2.19. The first kappa shape index (κ1) is 11.5. The van der Waals surface area contributed by atoms with Gasteiger partial charge in [-0.2, -0.15) is 0 Å². The van der Waals surface area contributed by atoms with Gasteiger partial charge in [0.05, 0.1) is 6.61 Å². The van der Waals surface area contributed by atoms with Gasteiger partial charge in [-0.05, 0) is 19.3 Å². The summed E-state index contributed by atoms with van der Waals surface area (Å²) in [6.45, 7) is 3.06. The molecule has 1 aromatic rings. The van der Waals surface area contributed by atoms with Gasteiger partial charge in [0.25, 0.3) is 0 Å². The highest BCUT2D eigenvalue weighted by molar-refractivity contribution is 6.18. The van der Waals surface area contributed by atoms with Crippen LogP contribution in [0.25, 0.3) is 0 Å². The SMILES string of the molecule is CCOC(=O)c1cn2c(n1)CC(CCl)CC2. The number of rotatable bonds is 3. The Kier molecular flexibility index (Phi) is 3.49. The van der Waals surface area contributed by atoms with Crippen LogP contribution in [0.15, 0.2) is 6.20 Å². The fourth-order valence-electron chi connectivity index (χ4n) is 1.93. The second-order valence-corrected chi connectivity index (χ2v) is 4.28. The van der Waals surface area contributed by atoms with E-state index in [-0.39, 0.29) is 5.97 Å². The van der Waals surface area contributed by atoms with Crippen molar-refractivity contribution in [3.05, 3.63) is 17.7 Å². The molecule has 0 aromatic carbocycles. The van der Waals surface area contributed by atoms with Gasteiger partial charge >= 0.3 is 5.97 Å². The summed E-state index contributed by atoms with van der Waals surface area (Å²) in [6.07, 6.45) is 3.68. The molecule has 0 aliphatic carbocycles. The van der Waals surface area contributed by atoms with E-state index in [4.69, 9.17) is 16.3 Å². The molecule has 1 aliphatic rings. The van der Waals surface area contributed by atoms with Crippen LogP contribution < -0.4 is 0 Å². The van der Waals surface area contributed by atoms with E-state index in [1.807, 2.05) is 4.57 Å². The molecule has 1 unspecified atom stereocenters. The molecule has 1 atom stereocenters. The summed E-state index contributed by atoms with van der Waals surface area (Å²) >= 11 is 5.84. The van der Waals surface area contributed by atoms with E-state index >= 15 is 0 Å². The normalized spacial score (nSPS) is 19.2. The van der Waals surface area contributed by atoms with Crippen molar-refractivity contribution in [2.24, 2.45) is 5.92 Å². The number of carbonyl (C=O) groups is 1. The van der Waals surface area contributed by atoms with Crippen molar-refractivity contribution >= 4 is 17.6 Å². The molecular formula is C11H15ClN2O2. The summed E-state index contributed by atoms with van der Waals surface area (Å²) < 4.78 is 6.94. The summed E-state index contributed by atoms with van der Waals surface area (Å²) in [4.78, 5) is 15.8. The first-order chi connectivity index (χ1) is 7.74. The van der Waals surface area contributed by atoms with Crippen LogP contribution in [-0.2, 0) is 17.7 Å². The highest BCUT2D eigenvalue weighted by Crippen LogP contribution is 2.21. The van der Waals surface area contributed by atoms with E-state index in [0.29, 0.717) is 24.1 Å². The zero-order valence-electron chi connectivity index (χ0n) is 9.28. The molecule has 0 radical (unpaired) electrons. The molecule has 1 aliphatic heterocycles. The predicted octanol–water partition coefficient (Wildman–Crippen LogP) is 1.86. The van der Waals surface area contributed by atoms with Crippen LogP contribution in [-0.4, -0.2) is 28.0 Å². The first-order valence-electron chi connectivity index (χ1n) is 5.53. The minimum atomic E-state index is -0.341. The average molecular weight is 243 g/mol. The molecule has 4 nitrogen and oxygen atoms in total. The van der Waals surface area contributed by atoms with Gasteiger partial charge in [0, 0.05) is 25.0 Å². The van der Waals surface area contributed by atoms with Crippen molar-refractivity contribution in [2.45, 2.75) is 26.3 Å². The van der Waals surface area contributed by atoms with Crippen molar-refractivity contribution in [2.75, 3.05) is 12.5 Å². The number of carbonyl (C=O) groups excluding carboxylic acids is 1. The average Bonchev–Trinajstić information content (AvgIpc) is 2.71. The largest absolute Gasteiger partial charge is 0.461 e. The van der Waals surface area contributed by atoms with Crippen LogP contribution in [0.4, 0.5) is 0 Å². The Balaban J connectivity index is 2.15. The van der Waals surface area contributed by atoms with Gasteiger partial charge in [-0.1, -0.05) is 0 Å². The highest BCUT2D eigenvalue weighted by Gasteiger charge is 2.22. The number of imidazole rings is 1. The standard InChI is InChI=1S/C11H15ClN2O2/c1-2-16-11(15)9-7-14-4-3-8(6-12)5-10(14)13-9/h7-8H,2-6H2,1H3. The Hall–Kier alpha value is -1.03. The first-order valence-corrected chi connectivity index (χ1v) is 6.07. The Morgan fingerprint density at radius 2 is 2.56 bits per heavy atom. The van der Waals surface area contributed by atoms with Gasteiger partial charge in [-0.15, -0.1) is 11.6 Å². The smallest absolute Gasteiger partial charge is 0.358 e. The lowest BCUT2D eigenvalue weighted by atomic mass is 10.0. The topological polar surface area (TPSA) is 44.1 Å². The third kappa shape index (κ3) is 2.21. The molecule has 0 spiro atoms. The summed E-state index contributed by atoms with van der Waals surface area (Å²) in [6, 6.07) is 0. The van der Waals surface area contributed by atoms with Crippen LogP contribution in [0.3, 0.4) is 0 Å². The van der Waals surface area contributed by atoms with Crippen LogP contribution in [0.5, 0.6) is 0 Å². The number of ether oxygens (including phenoxy) is 1. The van der Waals surface area contributed by atoms with Crippen molar-refractivity contribution in [1.29, 1.82) is 0 Å². The van der Waals surface area contributed by atoms with E-state index in [1.54, 1.807) is 13.1 Å². The highest BCUT2D eigenvalue weighted by atomic mass is 35.5. The number of nitrogens with zero attached hydrogens (tertiary/aromatic N) is 2. The summed E-state index contributed by atoms with van der Waals surface area (Å²) in [5.74, 6) is 1.74. The molecule has 5 heteroatoms. The maximum Gasteiger partial charge on any atom is 0.358 e. The zero-order valence-corrected chi connectivity index (χ0v) is 10.0.